The van der Waals surface area contributed by atoms with Crippen LogP contribution in [-0.2, 0) is 24.5 Å². The molecule has 6 aromatic rings. The van der Waals surface area contributed by atoms with Crippen LogP contribution in [0.25, 0.3) is 0 Å². The summed E-state index contributed by atoms with van der Waals surface area (Å²) >= 11 is 0. The van der Waals surface area contributed by atoms with Gasteiger partial charge < -0.3 is 30.7 Å². The fourth-order valence-electron chi connectivity index (χ4n) is 10.0. The van der Waals surface area contributed by atoms with Crippen LogP contribution in [0.15, 0.2) is 164 Å². The first-order valence-corrected chi connectivity index (χ1v) is 21.9. The number of aliphatic hydroxyl groups excluding tert-OH is 2. The Labute approximate surface area is 382 Å². The highest BCUT2D eigenvalue weighted by atomic mass is 16.6. The zero-order valence-electron chi connectivity index (χ0n) is 36.0. The molecule has 8 atom stereocenters. The highest BCUT2D eigenvalue weighted by Crippen LogP contribution is 2.66. The number of fused-ring (bicyclic) bond motifs is 3. The van der Waals surface area contributed by atoms with E-state index in [1.165, 1.54) is 12.1 Å². The number of nitrogens with one attached hydrogen (secondary N) is 2. The average Bonchev–Trinajstić information content (AvgIpc) is 3.81. The highest BCUT2D eigenvalue weighted by molar-refractivity contribution is 6.24. The van der Waals surface area contributed by atoms with Gasteiger partial charge in [-0.05, 0) is 70.6 Å². The van der Waals surface area contributed by atoms with Crippen molar-refractivity contribution in [2.45, 2.75) is 55.1 Å². The lowest BCUT2D eigenvalue weighted by Crippen LogP contribution is -2.56. The third-order valence-electron chi connectivity index (χ3n) is 12.9. The first-order valence-electron chi connectivity index (χ1n) is 21.9. The quantitative estimate of drug-likeness (QED) is 0.0712. The molecule has 12 heteroatoms. The Hall–Kier alpha value is -7.56. The number of nitrogens with zero attached hydrogens (tertiary/aromatic N) is 2. The van der Waals surface area contributed by atoms with Gasteiger partial charge >= 0.3 is 12.0 Å². The summed E-state index contributed by atoms with van der Waals surface area (Å²) in [6.45, 7) is 1.34. The second-order valence-electron chi connectivity index (χ2n) is 16.8. The molecule has 66 heavy (non-hydrogen) atoms. The lowest BCUT2D eigenvalue weighted by Gasteiger charge is -2.46. The molecule has 2 fully saturated rings. The number of imide groups is 1. The lowest BCUT2D eigenvalue weighted by molar-refractivity contribution is -0.178. The number of aliphatic hydroxyl groups is 2. The van der Waals surface area contributed by atoms with Gasteiger partial charge in [0.15, 0.2) is 0 Å². The van der Waals surface area contributed by atoms with Gasteiger partial charge in [-0.2, -0.15) is 0 Å². The topological polar surface area (TPSA) is 169 Å². The molecule has 6 aromatic carbocycles. The zero-order valence-corrected chi connectivity index (χ0v) is 36.0. The number of ether oxygens (including phenoxy) is 1. The smallest absolute Gasteiger partial charge is 0.329 e. The first-order chi connectivity index (χ1) is 32.1. The number of cyclic esters (lactones) is 1. The number of carbonyl (C=O) groups excluding carboxylic acids is 4. The number of rotatable bonds is 10. The summed E-state index contributed by atoms with van der Waals surface area (Å²) in [6.07, 6.45) is -1.93. The zero-order chi connectivity index (χ0) is 46.0. The second kappa shape index (κ2) is 18.5. The fourth-order valence-corrected chi connectivity index (χ4v) is 10.0. The predicted molar refractivity (Wildman–Crippen MR) is 246 cm³/mol. The minimum Gasteiger partial charge on any atom is -0.508 e. The Morgan fingerprint density at radius 3 is 2.00 bits per heavy atom. The van der Waals surface area contributed by atoms with Crippen LogP contribution >= 0.6 is 0 Å². The molecular formula is C54H48N4O8. The molecule has 2 saturated heterocycles. The highest BCUT2D eigenvalue weighted by Gasteiger charge is 2.75. The monoisotopic (exact) mass is 880 g/mol. The van der Waals surface area contributed by atoms with Gasteiger partial charge in [0.2, 0.25) is 11.8 Å². The van der Waals surface area contributed by atoms with E-state index in [-0.39, 0.29) is 36.6 Å². The number of aromatic hydroxyl groups is 1. The van der Waals surface area contributed by atoms with Crippen LogP contribution in [0.1, 0.15) is 82.6 Å². The summed E-state index contributed by atoms with van der Waals surface area (Å²) in [7, 11) is 0. The number of anilines is 1. The van der Waals surface area contributed by atoms with E-state index in [2.05, 4.69) is 22.5 Å². The Balaban J connectivity index is 1.31. The number of morpholine rings is 1. The van der Waals surface area contributed by atoms with E-state index < -0.39 is 71.5 Å². The number of hydrogen-bond acceptors (Lipinski definition) is 9. The third kappa shape index (κ3) is 7.77. The number of hydrogen-bond donors (Lipinski definition) is 5. The molecule has 0 saturated carbocycles. The van der Waals surface area contributed by atoms with Gasteiger partial charge in [0, 0.05) is 18.5 Å². The van der Waals surface area contributed by atoms with Crippen molar-refractivity contribution in [3.63, 3.8) is 0 Å². The fraction of sp³-hybridized carbons (Fsp3) is 0.222. The maximum atomic E-state index is 16.4. The Morgan fingerprint density at radius 2 is 1.36 bits per heavy atom. The molecule has 3 aliphatic heterocycles. The van der Waals surface area contributed by atoms with Gasteiger partial charge in [-0.3, -0.25) is 19.3 Å². The molecule has 1 spiro atoms. The molecular weight excluding hydrogens is 833 g/mol. The van der Waals surface area contributed by atoms with Gasteiger partial charge in [0.05, 0.1) is 42.4 Å². The van der Waals surface area contributed by atoms with Crippen molar-refractivity contribution in [1.29, 1.82) is 0 Å². The lowest BCUT2D eigenvalue weighted by atomic mass is 9.65. The van der Waals surface area contributed by atoms with Crippen LogP contribution in [0.3, 0.4) is 0 Å². The molecule has 12 nitrogen and oxygen atoms in total. The number of esters is 1. The van der Waals surface area contributed by atoms with Crippen LogP contribution in [0.2, 0.25) is 0 Å². The number of phenols is 1. The van der Waals surface area contributed by atoms with E-state index in [1.54, 1.807) is 61.5 Å². The van der Waals surface area contributed by atoms with Crippen LogP contribution in [0.5, 0.6) is 5.75 Å². The van der Waals surface area contributed by atoms with Crippen LogP contribution in [-0.4, -0.2) is 63.2 Å². The number of amides is 4. The molecule has 0 aliphatic carbocycles. The summed E-state index contributed by atoms with van der Waals surface area (Å²) < 4.78 is 6.52. The van der Waals surface area contributed by atoms with Gasteiger partial charge in [-0.15, -0.1) is 0 Å². The normalized spacial score (nSPS) is 22.9. The Morgan fingerprint density at radius 1 is 0.758 bits per heavy atom. The number of urea groups is 1. The summed E-state index contributed by atoms with van der Waals surface area (Å²) in [4.78, 5) is 65.2. The van der Waals surface area contributed by atoms with Crippen LogP contribution in [0.4, 0.5) is 10.5 Å². The van der Waals surface area contributed by atoms with Crippen molar-refractivity contribution in [1.82, 2.24) is 15.5 Å². The molecule has 0 radical (unpaired) electrons. The third-order valence-corrected chi connectivity index (χ3v) is 12.9. The average molecular weight is 881 g/mol. The van der Waals surface area contributed by atoms with Crippen molar-refractivity contribution in [3.8, 4) is 17.6 Å². The summed E-state index contributed by atoms with van der Waals surface area (Å²) in [5.41, 5.74) is 2.00. The number of benzene rings is 6. The molecule has 3 heterocycles. The molecule has 9 rings (SSSR count). The van der Waals surface area contributed by atoms with Crippen molar-refractivity contribution < 1.29 is 39.2 Å². The standard InChI is InChI=1S/C54H48N4O8/c1-34(36-17-6-2-7-18-36)56-53(65)57-43-30-25-35(16-14-15-31-59)32-42(43)54(52(57)64)45(50(62)55-33-44(61)37-19-8-3-9-20-37)47-51(63)66-48(39-23-12-5-13-24-39)46(38-21-10-4-11-22-38)58(47)49(54)40-26-28-41(60)29-27-40/h2-13,17-30,32,34,44-49,59-61H,15,31,33H2,1H3,(H,55,62)(H,56,65). The largest absolute Gasteiger partial charge is 0.508 e. The summed E-state index contributed by atoms with van der Waals surface area (Å²) in [5, 5.41) is 37.7. The number of carbonyl (C=O) groups is 4. The van der Waals surface area contributed by atoms with E-state index in [0.717, 1.165) is 16.0 Å². The van der Waals surface area contributed by atoms with Gasteiger partial charge in [0.1, 0.15) is 23.3 Å². The minimum absolute atomic E-state index is 0.0538. The Kier molecular flexibility index (Phi) is 12.2. The van der Waals surface area contributed by atoms with Gasteiger partial charge in [-0.1, -0.05) is 145 Å². The molecule has 8 unspecified atom stereocenters. The van der Waals surface area contributed by atoms with Crippen molar-refractivity contribution in [2.24, 2.45) is 5.92 Å². The maximum absolute atomic E-state index is 16.4. The minimum atomic E-state index is -2.07. The SMILES string of the molecule is CC(NC(=O)N1C(=O)C2(c3cc(C#CCCO)ccc31)C(C(=O)NCC(O)c1ccccc1)C1C(=O)OC(c3ccccc3)C(c3ccccc3)N1C2c1ccc(O)cc1)c1ccccc1. The molecule has 4 amide bonds. The molecule has 332 valence electrons. The van der Waals surface area contributed by atoms with E-state index >= 15 is 14.4 Å². The molecule has 5 N–H and O–H groups in total. The first kappa shape index (κ1) is 43.7. The predicted octanol–water partition coefficient (Wildman–Crippen LogP) is 7.11. The van der Waals surface area contributed by atoms with Gasteiger partial charge in [0.25, 0.3) is 0 Å². The second-order valence-corrected chi connectivity index (χ2v) is 16.8. The van der Waals surface area contributed by atoms with E-state index in [0.29, 0.717) is 22.3 Å². The van der Waals surface area contributed by atoms with Crippen molar-refractivity contribution >= 4 is 29.5 Å². The van der Waals surface area contributed by atoms with Gasteiger partial charge in [-0.25, -0.2) is 9.69 Å². The summed E-state index contributed by atoms with van der Waals surface area (Å²) in [5.74, 6) is 2.11. The van der Waals surface area contributed by atoms with Crippen molar-refractivity contribution in [3.05, 3.63) is 203 Å². The van der Waals surface area contributed by atoms with E-state index in [4.69, 9.17) is 4.74 Å². The maximum Gasteiger partial charge on any atom is 0.329 e. The van der Waals surface area contributed by atoms with Crippen LogP contribution in [0, 0.1) is 17.8 Å². The van der Waals surface area contributed by atoms with Crippen LogP contribution < -0.4 is 15.5 Å². The summed E-state index contributed by atoms with van der Waals surface area (Å²) in [6, 6.07) is 43.3. The van der Waals surface area contributed by atoms with E-state index in [1.807, 2.05) is 102 Å². The molecule has 0 bridgehead atoms. The molecule has 3 aliphatic rings. The number of phenolic OH excluding ortho intramolecular Hbond substituents is 1. The Bertz CT molecular complexity index is 2800. The van der Waals surface area contributed by atoms with E-state index in [9.17, 15) is 20.1 Å². The molecule has 0 aromatic heterocycles. The van der Waals surface area contributed by atoms with Crippen molar-refractivity contribution in [2.75, 3.05) is 18.1 Å².